The third-order valence-corrected chi connectivity index (χ3v) is 3.98. The lowest BCUT2D eigenvalue weighted by atomic mass is 10.1. The summed E-state index contributed by atoms with van der Waals surface area (Å²) < 4.78 is 1.91. The monoisotopic (exact) mass is 310 g/mol. The molecule has 0 saturated heterocycles. The second kappa shape index (κ2) is 6.36. The average Bonchev–Trinajstić information content (AvgIpc) is 2.87. The van der Waals surface area contributed by atoms with Gasteiger partial charge in [0.2, 0.25) is 5.91 Å². The Morgan fingerprint density at radius 2 is 2.09 bits per heavy atom. The number of hydrogen-bond acceptors (Lipinski definition) is 3. The van der Waals surface area contributed by atoms with E-state index in [0.29, 0.717) is 12.2 Å². The van der Waals surface area contributed by atoms with Gasteiger partial charge in [0.05, 0.1) is 10.9 Å². The topological polar surface area (TPSA) is 59.8 Å². The van der Waals surface area contributed by atoms with Crippen molar-refractivity contribution in [3.05, 3.63) is 29.8 Å². The molecule has 0 unspecified atom stereocenters. The van der Waals surface area contributed by atoms with Gasteiger partial charge in [-0.05, 0) is 31.0 Å². The van der Waals surface area contributed by atoms with Crippen LogP contribution >= 0.6 is 0 Å². The summed E-state index contributed by atoms with van der Waals surface area (Å²) in [4.78, 5) is 16.6. The number of pyridine rings is 1. The summed E-state index contributed by atoms with van der Waals surface area (Å²) in [5.74, 6) is 0.578. The molecule has 0 aliphatic carbocycles. The van der Waals surface area contributed by atoms with Crippen LogP contribution < -0.4 is 5.32 Å². The molecule has 120 valence electrons. The molecule has 2 heterocycles. The van der Waals surface area contributed by atoms with E-state index >= 15 is 0 Å². The maximum atomic E-state index is 11.8. The summed E-state index contributed by atoms with van der Waals surface area (Å²) in [6.07, 6.45) is 2.56. The van der Waals surface area contributed by atoms with E-state index in [-0.39, 0.29) is 5.91 Å². The quantitative estimate of drug-likeness (QED) is 0.773. The first-order valence-electron chi connectivity index (χ1n) is 8.20. The van der Waals surface area contributed by atoms with E-state index < -0.39 is 0 Å². The Balaban J connectivity index is 2.18. The fourth-order valence-electron chi connectivity index (χ4n) is 2.64. The SMILES string of the molecule is CCCCn1nc(NC(=O)CC)c2cc3ccc(C)cc3nc21. The lowest BCUT2D eigenvalue weighted by molar-refractivity contribution is -0.115. The molecule has 1 aromatic carbocycles. The minimum atomic E-state index is -0.0314. The summed E-state index contributed by atoms with van der Waals surface area (Å²) in [5, 5.41) is 9.44. The van der Waals surface area contributed by atoms with Crippen LogP contribution in [0.2, 0.25) is 0 Å². The van der Waals surface area contributed by atoms with Crippen molar-refractivity contribution in [3.63, 3.8) is 0 Å². The Morgan fingerprint density at radius 3 is 2.83 bits per heavy atom. The van der Waals surface area contributed by atoms with Crippen LogP contribution in [0, 0.1) is 6.92 Å². The van der Waals surface area contributed by atoms with Crippen molar-refractivity contribution in [2.75, 3.05) is 5.32 Å². The molecule has 5 nitrogen and oxygen atoms in total. The van der Waals surface area contributed by atoms with Gasteiger partial charge < -0.3 is 5.32 Å². The molecule has 1 N–H and O–H groups in total. The highest BCUT2D eigenvalue weighted by atomic mass is 16.1. The van der Waals surface area contributed by atoms with Crippen molar-refractivity contribution in [3.8, 4) is 0 Å². The Bertz CT molecular complexity index is 866. The number of aromatic nitrogens is 3. The Labute approximate surface area is 135 Å². The number of hydrogen-bond donors (Lipinski definition) is 1. The first kappa shape index (κ1) is 15.5. The van der Waals surface area contributed by atoms with Crippen LogP contribution in [0.4, 0.5) is 5.82 Å². The second-order valence-electron chi connectivity index (χ2n) is 5.88. The van der Waals surface area contributed by atoms with Crippen molar-refractivity contribution in [1.29, 1.82) is 0 Å². The van der Waals surface area contributed by atoms with E-state index in [4.69, 9.17) is 4.98 Å². The van der Waals surface area contributed by atoms with Gasteiger partial charge in [0.15, 0.2) is 11.5 Å². The van der Waals surface area contributed by atoms with E-state index in [1.54, 1.807) is 0 Å². The number of unbranched alkanes of at least 4 members (excludes halogenated alkanes) is 1. The molecule has 2 aromatic heterocycles. The van der Waals surface area contributed by atoms with Gasteiger partial charge in [-0.1, -0.05) is 32.4 Å². The highest BCUT2D eigenvalue weighted by Crippen LogP contribution is 2.26. The molecule has 0 radical (unpaired) electrons. The third-order valence-electron chi connectivity index (χ3n) is 3.98. The molecule has 0 saturated carbocycles. The van der Waals surface area contributed by atoms with Crippen LogP contribution in [0.5, 0.6) is 0 Å². The number of aryl methyl sites for hydroxylation is 2. The number of amides is 1. The highest BCUT2D eigenvalue weighted by Gasteiger charge is 2.14. The van der Waals surface area contributed by atoms with E-state index in [2.05, 4.69) is 48.5 Å². The predicted octanol–water partition coefficient (Wildman–Crippen LogP) is 4.04. The number of carbonyl (C=O) groups excluding carboxylic acids is 1. The van der Waals surface area contributed by atoms with Crippen molar-refractivity contribution in [2.24, 2.45) is 0 Å². The smallest absolute Gasteiger partial charge is 0.225 e. The molecule has 0 spiro atoms. The van der Waals surface area contributed by atoms with Crippen molar-refractivity contribution >= 4 is 33.7 Å². The van der Waals surface area contributed by atoms with Gasteiger partial charge in [-0.3, -0.25) is 4.79 Å². The number of fused-ring (bicyclic) bond motifs is 2. The number of rotatable bonds is 5. The molecule has 3 aromatic rings. The lowest BCUT2D eigenvalue weighted by Gasteiger charge is -2.03. The van der Waals surface area contributed by atoms with E-state index in [9.17, 15) is 4.79 Å². The number of nitrogens with one attached hydrogen (secondary N) is 1. The maximum Gasteiger partial charge on any atom is 0.225 e. The summed E-state index contributed by atoms with van der Waals surface area (Å²) in [5.41, 5.74) is 2.98. The fourth-order valence-corrected chi connectivity index (χ4v) is 2.64. The maximum absolute atomic E-state index is 11.8. The Hall–Kier alpha value is -2.43. The van der Waals surface area contributed by atoms with E-state index in [0.717, 1.165) is 41.3 Å². The molecule has 23 heavy (non-hydrogen) atoms. The zero-order valence-corrected chi connectivity index (χ0v) is 13.9. The van der Waals surface area contributed by atoms with Gasteiger partial charge in [0, 0.05) is 18.4 Å². The first-order valence-corrected chi connectivity index (χ1v) is 8.20. The minimum absolute atomic E-state index is 0.0314. The van der Waals surface area contributed by atoms with Gasteiger partial charge in [0.1, 0.15) is 0 Å². The third kappa shape index (κ3) is 3.04. The fraction of sp³-hybridized carbons (Fsp3) is 0.389. The molecule has 0 aliphatic rings. The lowest BCUT2D eigenvalue weighted by Crippen LogP contribution is -2.10. The number of carbonyl (C=O) groups is 1. The zero-order valence-electron chi connectivity index (χ0n) is 13.9. The average molecular weight is 310 g/mol. The number of benzene rings is 1. The van der Waals surface area contributed by atoms with Crippen molar-refractivity contribution < 1.29 is 4.79 Å². The second-order valence-corrected chi connectivity index (χ2v) is 5.88. The summed E-state index contributed by atoms with van der Waals surface area (Å²) in [7, 11) is 0. The molecular weight excluding hydrogens is 288 g/mol. The van der Waals surface area contributed by atoms with Crippen LogP contribution in [-0.4, -0.2) is 20.7 Å². The van der Waals surface area contributed by atoms with Crippen LogP contribution in [0.25, 0.3) is 21.9 Å². The van der Waals surface area contributed by atoms with Gasteiger partial charge in [0.25, 0.3) is 0 Å². The summed E-state index contributed by atoms with van der Waals surface area (Å²) in [6.45, 7) is 6.85. The summed E-state index contributed by atoms with van der Waals surface area (Å²) >= 11 is 0. The molecular formula is C18H22N4O. The van der Waals surface area contributed by atoms with Crippen LogP contribution in [0.15, 0.2) is 24.3 Å². The molecule has 3 rings (SSSR count). The zero-order chi connectivity index (χ0) is 16.4. The molecule has 0 atom stereocenters. The van der Waals surface area contributed by atoms with E-state index in [1.165, 1.54) is 5.56 Å². The standard InChI is InChI=1S/C18H22N4O/c1-4-6-9-22-18-14(17(21-22)20-16(23)5-2)11-13-8-7-12(3)10-15(13)19-18/h7-8,10-11H,4-6,9H2,1-3H3,(H,20,21,23). The van der Waals surface area contributed by atoms with Gasteiger partial charge in [-0.2, -0.15) is 5.10 Å². The number of nitrogens with zero attached hydrogens (tertiary/aromatic N) is 3. The Morgan fingerprint density at radius 1 is 1.26 bits per heavy atom. The van der Waals surface area contributed by atoms with Gasteiger partial charge >= 0.3 is 0 Å². The normalized spacial score (nSPS) is 11.3. The number of anilines is 1. The highest BCUT2D eigenvalue weighted by molar-refractivity contribution is 6.02. The molecule has 0 fully saturated rings. The van der Waals surface area contributed by atoms with Gasteiger partial charge in [-0.15, -0.1) is 0 Å². The van der Waals surface area contributed by atoms with Crippen LogP contribution in [0.3, 0.4) is 0 Å². The Kier molecular flexibility index (Phi) is 4.28. The van der Waals surface area contributed by atoms with Gasteiger partial charge in [-0.25, -0.2) is 9.67 Å². The minimum Gasteiger partial charge on any atom is -0.309 e. The van der Waals surface area contributed by atoms with Crippen LogP contribution in [-0.2, 0) is 11.3 Å². The van der Waals surface area contributed by atoms with Crippen molar-refractivity contribution in [2.45, 2.75) is 46.6 Å². The molecule has 0 aliphatic heterocycles. The van der Waals surface area contributed by atoms with E-state index in [1.807, 2.05) is 11.6 Å². The first-order chi connectivity index (χ1) is 11.1. The molecule has 1 amide bonds. The predicted molar refractivity (Wildman–Crippen MR) is 93.6 cm³/mol. The largest absolute Gasteiger partial charge is 0.309 e. The van der Waals surface area contributed by atoms with Crippen molar-refractivity contribution in [1.82, 2.24) is 14.8 Å². The molecule has 5 heteroatoms. The molecule has 0 bridgehead atoms. The summed E-state index contributed by atoms with van der Waals surface area (Å²) in [6, 6.07) is 8.28. The van der Waals surface area contributed by atoms with Crippen LogP contribution in [0.1, 0.15) is 38.7 Å².